The SMILES string of the molecule is CCCCCCCCCCCCCCCCCCOCCC(C)(CCCCCCCCCCCCCCCC)C1=NCCN1. The summed E-state index contributed by atoms with van der Waals surface area (Å²) in [7, 11) is 0. The summed E-state index contributed by atoms with van der Waals surface area (Å²) in [6.07, 6.45) is 45.1. The van der Waals surface area contributed by atoms with Gasteiger partial charge in [0, 0.05) is 25.2 Å². The highest BCUT2D eigenvalue weighted by molar-refractivity contribution is 5.89. The number of rotatable bonds is 36. The molecule has 0 spiro atoms. The third-order valence-electron chi connectivity index (χ3n) is 10.3. The second kappa shape index (κ2) is 32.4. The molecular formula is C41H82N2O. The molecule has 0 aromatic heterocycles. The second-order valence-electron chi connectivity index (χ2n) is 14.7. The van der Waals surface area contributed by atoms with Crippen molar-refractivity contribution in [3.63, 3.8) is 0 Å². The summed E-state index contributed by atoms with van der Waals surface area (Å²) >= 11 is 0. The molecule has 0 saturated carbocycles. The molecule has 1 aliphatic rings. The first-order valence-corrected chi connectivity index (χ1v) is 20.6. The minimum atomic E-state index is 0.169. The Morgan fingerprint density at radius 1 is 0.477 bits per heavy atom. The number of ether oxygens (including phenoxy) is 1. The highest BCUT2D eigenvalue weighted by Gasteiger charge is 2.31. The molecule has 0 bridgehead atoms. The van der Waals surface area contributed by atoms with E-state index in [1.807, 2.05) is 0 Å². The molecule has 262 valence electrons. The van der Waals surface area contributed by atoms with E-state index in [9.17, 15) is 0 Å². The normalized spacial score (nSPS) is 14.6. The molecule has 1 atom stereocenters. The monoisotopic (exact) mass is 619 g/mol. The molecule has 1 aliphatic heterocycles. The smallest absolute Gasteiger partial charge is 0.102 e. The molecule has 1 heterocycles. The van der Waals surface area contributed by atoms with Gasteiger partial charge in [-0.05, 0) is 19.3 Å². The molecule has 0 radical (unpaired) electrons. The van der Waals surface area contributed by atoms with E-state index in [0.717, 1.165) is 32.7 Å². The predicted molar refractivity (Wildman–Crippen MR) is 198 cm³/mol. The van der Waals surface area contributed by atoms with Crippen LogP contribution in [0, 0.1) is 5.41 Å². The number of nitrogens with zero attached hydrogens (tertiary/aromatic N) is 1. The third kappa shape index (κ3) is 25.6. The second-order valence-corrected chi connectivity index (χ2v) is 14.7. The lowest BCUT2D eigenvalue weighted by atomic mass is 9.80. The van der Waals surface area contributed by atoms with Crippen molar-refractivity contribution >= 4 is 5.84 Å². The van der Waals surface area contributed by atoms with Crippen LogP contribution in [0.2, 0.25) is 0 Å². The maximum absolute atomic E-state index is 6.15. The number of aliphatic imine (C=N–C) groups is 1. The first kappa shape index (κ1) is 41.5. The maximum Gasteiger partial charge on any atom is 0.102 e. The first-order valence-electron chi connectivity index (χ1n) is 20.6. The van der Waals surface area contributed by atoms with Crippen molar-refractivity contribution < 1.29 is 4.74 Å². The lowest BCUT2D eigenvalue weighted by Gasteiger charge is -2.30. The summed E-state index contributed by atoms with van der Waals surface area (Å²) in [5.41, 5.74) is 0.169. The molecule has 44 heavy (non-hydrogen) atoms. The zero-order valence-electron chi connectivity index (χ0n) is 30.8. The topological polar surface area (TPSA) is 33.6 Å². The summed E-state index contributed by atoms with van der Waals surface area (Å²) in [4.78, 5) is 4.84. The first-order chi connectivity index (χ1) is 21.7. The summed E-state index contributed by atoms with van der Waals surface area (Å²) < 4.78 is 6.15. The fourth-order valence-corrected chi connectivity index (χ4v) is 7.03. The van der Waals surface area contributed by atoms with E-state index in [-0.39, 0.29) is 5.41 Å². The minimum absolute atomic E-state index is 0.169. The molecule has 0 amide bonds. The van der Waals surface area contributed by atoms with E-state index in [0.29, 0.717) is 0 Å². The van der Waals surface area contributed by atoms with Crippen LogP contribution in [0.4, 0.5) is 0 Å². The maximum atomic E-state index is 6.15. The number of unbranched alkanes of at least 4 members (excludes halogenated alkanes) is 28. The Morgan fingerprint density at radius 3 is 1.20 bits per heavy atom. The van der Waals surface area contributed by atoms with Crippen molar-refractivity contribution in [3.05, 3.63) is 0 Å². The molecule has 3 nitrogen and oxygen atoms in total. The third-order valence-corrected chi connectivity index (χ3v) is 10.3. The average molecular weight is 619 g/mol. The van der Waals surface area contributed by atoms with E-state index in [1.165, 1.54) is 205 Å². The van der Waals surface area contributed by atoms with Crippen LogP contribution in [0.5, 0.6) is 0 Å². The van der Waals surface area contributed by atoms with Gasteiger partial charge >= 0.3 is 0 Å². The number of nitrogens with one attached hydrogen (secondary N) is 1. The van der Waals surface area contributed by atoms with Crippen LogP contribution in [0.3, 0.4) is 0 Å². The van der Waals surface area contributed by atoms with Gasteiger partial charge < -0.3 is 10.1 Å². The molecule has 1 unspecified atom stereocenters. The Bertz CT molecular complexity index is 605. The zero-order valence-corrected chi connectivity index (χ0v) is 30.8. The Hall–Kier alpha value is -0.570. The van der Waals surface area contributed by atoms with Crippen molar-refractivity contribution in [2.75, 3.05) is 26.3 Å². The van der Waals surface area contributed by atoms with Crippen molar-refractivity contribution in [1.82, 2.24) is 5.32 Å². The Kier molecular flexibility index (Phi) is 30.5. The fraction of sp³-hybridized carbons (Fsp3) is 0.976. The van der Waals surface area contributed by atoms with Gasteiger partial charge in [0.05, 0.1) is 6.54 Å². The Morgan fingerprint density at radius 2 is 0.841 bits per heavy atom. The van der Waals surface area contributed by atoms with Gasteiger partial charge in [-0.3, -0.25) is 4.99 Å². The lowest BCUT2D eigenvalue weighted by Crippen LogP contribution is -2.37. The van der Waals surface area contributed by atoms with Crippen LogP contribution in [-0.2, 0) is 4.74 Å². The molecule has 0 fully saturated rings. The van der Waals surface area contributed by atoms with Crippen LogP contribution < -0.4 is 5.32 Å². The number of amidine groups is 1. The number of hydrogen-bond donors (Lipinski definition) is 1. The molecule has 3 heteroatoms. The minimum Gasteiger partial charge on any atom is -0.381 e. The quantitative estimate of drug-likeness (QED) is 0.0709. The summed E-state index contributed by atoms with van der Waals surface area (Å²) in [6.45, 7) is 10.8. The molecule has 0 saturated heterocycles. The van der Waals surface area contributed by atoms with Gasteiger partial charge in [-0.15, -0.1) is 0 Å². The molecular weight excluding hydrogens is 536 g/mol. The van der Waals surface area contributed by atoms with Crippen LogP contribution in [-0.4, -0.2) is 32.1 Å². The van der Waals surface area contributed by atoms with Crippen LogP contribution in [0.1, 0.15) is 226 Å². The van der Waals surface area contributed by atoms with Gasteiger partial charge in [0.1, 0.15) is 5.84 Å². The predicted octanol–water partition coefficient (Wildman–Crippen LogP) is 13.5. The van der Waals surface area contributed by atoms with Gasteiger partial charge in [-0.25, -0.2) is 0 Å². The fourth-order valence-electron chi connectivity index (χ4n) is 7.03. The Labute approximate surface area is 278 Å². The highest BCUT2D eigenvalue weighted by atomic mass is 16.5. The Balaban J connectivity index is 1.94. The van der Waals surface area contributed by atoms with Gasteiger partial charge in [0.15, 0.2) is 0 Å². The van der Waals surface area contributed by atoms with E-state index < -0.39 is 0 Å². The lowest BCUT2D eigenvalue weighted by molar-refractivity contribution is 0.107. The molecule has 1 rings (SSSR count). The van der Waals surface area contributed by atoms with Gasteiger partial charge in [0.2, 0.25) is 0 Å². The van der Waals surface area contributed by atoms with Crippen molar-refractivity contribution in [1.29, 1.82) is 0 Å². The summed E-state index contributed by atoms with van der Waals surface area (Å²) in [5.74, 6) is 1.26. The van der Waals surface area contributed by atoms with Crippen molar-refractivity contribution in [2.24, 2.45) is 10.4 Å². The van der Waals surface area contributed by atoms with Crippen molar-refractivity contribution in [3.8, 4) is 0 Å². The zero-order chi connectivity index (χ0) is 31.7. The van der Waals surface area contributed by atoms with Gasteiger partial charge in [-0.2, -0.15) is 0 Å². The molecule has 0 aromatic rings. The number of hydrogen-bond acceptors (Lipinski definition) is 3. The summed E-state index contributed by atoms with van der Waals surface area (Å²) in [6, 6.07) is 0. The van der Waals surface area contributed by atoms with Crippen LogP contribution in [0.25, 0.3) is 0 Å². The average Bonchev–Trinajstić information content (AvgIpc) is 3.59. The van der Waals surface area contributed by atoms with Gasteiger partial charge in [-0.1, -0.05) is 207 Å². The van der Waals surface area contributed by atoms with Crippen LogP contribution in [0.15, 0.2) is 4.99 Å². The van der Waals surface area contributed by atoms with Crippen LogP contribution >= 0.6 is 0 Å². The van der Waals surface area contributed by atoms with E-state index in [4.69, 9.17) is 9.73 Å². The molecule has 0 aromatic carbocycles. The van der Waals surface area contributed by atoms with Crippen molar-refractivity contribution in [2.45, 2.75) is 226 Å². The molecule has 0 aliphatic carbocycles. The largest absolute Gasteiger partial charge is 0.381 e. The highest BCUT2D eigenvalue weighted by Crippen LogP contribution is 2.31. The summed E-state index contributed by atoms with van der Waals surface area (Å²) in [5, 5.41) is 3.60. The van der Waals surface area contributed by atoms with E-state index >= 15 is 0 Å². The molecule has 1 N–H and O–H groups in total. The van der Waals surface area contributed by atoms with E-state index in [1.54, 1.807) is 0 Å². The van der Waals surface area contributed by atoms with Gasteiger partial charge in [0.25, 0.3) is 0 Å². The standard InChI is InChI=1S/C41H82N2O/c1-4-6-8-10-12-14-16-18-20-21-23-25-27-29-31-33-38-44-39-35-41(3,40-42-36-37-43-40)34-32-30-28-26-24-22-19-17-15-13-11-9-7-5-2/h4-39H2,1-3H3,(H,42,43). The van der Waals surface area contributed by atoms with E-state index in [2.05, 4.69) is 26.1 Å².